The van der Waals surface area contributed by atoms with Crippen molar-refractivity contribution in [1.29, 1.82) is 0 Å². The number of benzene rings is 9. The van der Waals surface area contributed by atoms with Gasteiger partial charge in [0.25, 0.3) is 0 Å². The first kappa shape index (κ1) is 33.2. The molecule has 0 atom stereocenters. The Morgan fingerprint density at radius 1 is 0.386 bits per heavy atom. The van der Waals surface area contributed by atoms with Gasteiger partial charge < -0.3 is 9.32 Å². The lowest BCUT2D eigenvalue weighted by Crippen LogP contribution is -2.20. The third kappa shape index (κ3) is 5.48. The Morgan fingerprint density at radius 3 is 1.79 bits per heavy atom. The van der Waals surface area contributed by atoms with E-state index in [9.17, 15) is 0 Å². The highest BCUT2D eigenvalue weighted by molar-refractivity contribution is 6.06. The van der Waals surface area contributed by atoms with Crippen LogP contribution < -0.4 is 4.90 Å². The van der Waals surface area contributed by atoms with Gasteiger partial charge in [-0.05, 0) is 115 Å². The largest absolute Gasteiger partial charge is 0.456 e. The minimum absolute atomic E-state index is 0.180. The van der Waals surface area contributed by atoms with Crippen LogP contribution in [0, 0.1) is 0 Å². The summed E-state index contributed by atoms with van der Waals surface area (Å²) >= 11 is 0. The number of fused-ring (bicyclic) bond motifs is 7. The summed E-state index contributed by atoms with van der Waals surface area (Å²) in [4.78, 5) is 2.41. The average molecular weight is 730 g/mol. The first-order valence-corrected chi connectivity index (χ1v) is 19.7. The van der Waals surface area contributed by atoms with Gasteiger partial charge in [0, 0.05) is 33.6 Å². The van der Waals surface area contributed by atoms with Crippen LogP contribution in [0.1, 0.15) is 25.0 Å². The van der Waals surface area contributed by atoms with Gasteiger partial charge in [0.2, 0.25) is 0 Å². The van der Waals surface area contributed by atoms with E-state index in [2.05, 4.69) is 207 Å². The summed E-state index contributed by atoms with van der Waals surface area (Å²) in [6.45, 7) is 4.71. The van der Waals surface area contributed by atoms with Crippen LogP contribution in [0.25, 0.3) is 77.2 Å². The maximum absolute atomic E-state index is 6.44. The fraction of sp³-hybridized carbons (Fsp3) is 0.0545. The second-order valence-electron chi connectivity index (χ2n) is 15.8. The number of rotatable bonds is 6. The van der Waals surface area contributed by atoms with E-state index in [4.69, 9.17) is 4.42 Å². The summed E-state index contributed by atoms with van der Waals surface area (Å²) in [6, 6.07) is 72.6. The Labute approximate surface area is 332 Å². The SMILES string of the molecule is CC1(C)c2ccccc2-c2cccc(N(c3ccc(-c4ccc(-c5cccc(-c6ccc7ccccc7c6)c5)cc4)cc3)c3ccc4c(c3)oc3ccccc34)c21. The highest BCUT2D eigenvalue weighted by Crippen LogP contribution is 2.54. The topological polar surface area (TPSA) is 16.4 Å². The normalized spacial score (nSPS) is 12.9. The van der Waals surface area contributed by atoms with Crippen LogP contribution in [0.2, 0.25) is 0 Å². The fourth-order valence-electron chi connectivity index (χ4n) is 9.19. The summed E-state index contributed by atoms with van der Waals surface area (Å²) in [5.74, 6) is 0. The van der Waals surface area contributed by atoms with E-state index in [1.165, 1.54) is 72.1 Å². The lowest BCUT2D eigenvalue weighted by molar-refractivity contribution is 0.660. The molecule has 1 aromatic heterocycles. The Bertz CT molecular complexity index is 3150. The van der Waals surface area contributed by atoms with Crippen molar-refractivity contribution in [3.63, 3.8) is 0 Å². The fourth-order valence-corrected chi connectivity index (χ4v) is 9.19. The molecule has 0 fully saturated rings. The van der Waals surface area contributed by atoms with E-state index < -0.39 is 0 Å². The zero-order valence-corrected chi connectivity index (χ0v) is 31.9. The minimum Gasteiger partial charge on any atom is -0.456 e. The number of nitrogens with zero attached hydrogens (tertiary/aromatic N) is 1. The van der Waals surface area contributed by atoms with Gasteiger partial charge in [-0.2, -0.15) is 0 Å². The standard InChI is InChI=1S/C55H39NO/c1-55(2)50-18-7-5-15-46(50)49-17-10-19-51(54(49)55)56(45-31-32-48-47-16-6-8-20-52(47)57-53(48)35-45)44-29-27-38(28-30-44)37-21-23-39(24-22-37)41-13-9-14-42(33-41)43-26-25-36-11-3-4-12-40(36)34-43/h3-35H,1-2H3. The first-order chi connectivity index (χ1) is 28.0. The molecule has 0 spiro atoms. The molecule has 1 aliphatic carbocycles. The van der Waals surface area contributed by atoms with E-state index in [0.717, 1.165) is 33.3 Å². The van der Waals surface area contributed by atoms with E-state index in [-0.39, 0.29) is 5.41 Å². The quantitative estimate of drug-likeness (QED) is 0.169. The van der Waals surface area contributed by atoms with Crippen LogP contribution in [0.3, 0.4) is 0 Å². The molecule has 2 nitrogen and oxygen atoms in total. The number of furan rings is 1. The van der Waals surface area contributed by atoms with Crippen molar-refractivity contribution in [3.05, 3.63) is 211 Å². The molecule has 0 aliphatic heterocycles. The molecule has 0 N–H and O–H groups in total. The summed E-state index contributed by atoms with van der Waals surface area (Å²) in [7, 11) is 0. The highest BCUT2D eigenvalue weighted by Gasteiger charge is 2.38. The summed E-state index contributed by atoms with van der Waals surface area (Å²) in [5, 5.41) is 4.78. The lowest BCUT2D eigenvalue weighted by atomic mass is 9.81. The van der Waals surface area contributed by atoms with Gasteiger partial charge in [0.15, 0.2) is 0 Å². The maximum Gasteiger partial charge on any atom is 0.137 e. The first-order valence-electron chi connectivity index (χ1n) is 19.7. The molecule has 0 saturated heterocycles. The van der Waals surface area contributed by atoms with Gasteiger partial charge in [0.05, 0.1) is 5.69 Å². The lowest BCUT2D eigenvalue weighted by Gasteiger charge is -2.32. The van der Waals surface area contributed by atoms with Crippen LogP contribution in [0.5, 0.6) is 0 Å². The molecule has 10 aromatic rings. The molecule has 0 saturated carbocycles. The Balaban J connectivity index is 0.962. The Morgan fingerprint density at radius 2 is 0.965 bits per heavy atom. The monoisotopic (exact) mass is 729 g/mol. The molecule has 0 radical (unpaired) electrons. The molecular formula is C55H39NO. The molecular weight excluding hydrogens is 691 g/mol. The second-order valence-corrected chi connectivity index (χ2v) is 15.8. The number of hydrogen-bond donors (Lipinski definition) is 0. The Hall–Kier alpha value is -7.16. The number of para-hydroxylation sites is 1. The van der Waals surface area contributed by atoms with Crippen LogP contribution in [0.4, 0.5) is 17.1 Å². The molecule has 0 amide bonds. The summed E-state index contributed by atoms with van der Waals surface area (Å²) in [6.07, 6.45) is 0. The van der Waals surface area contributed by atoms with Gasteiger partial charge in [-0.25, -0.2) is 0 Å². The zero-order valence-electron chi connectivity index (χ0n) is 31.9. The molecule has 9 aromatic carbocycles. The van der Waals surface area contributed by atoms with Crippen molar-refractivity contribution in [3.8, 4) is 44.5 Å². The molecule has 270 valence electrons. The van der Waals surface area contributed by atoms with Crippen molar-refractivity contribution in [2.45, 2.75) is 19.3 Å². The van der Waals surface area contributed by atoms with E-state index in [0.29, 0.717) is 0 Å². The summed E-state index contributed by atoms with van der Waals surface area (Å²) in [5.41, 5.74) is 17.5. The van der Waals surface area contributed by atoms with E-state index in [1.807, 2.05) is 12.1 Å². The molecule has 2 heteroatoms. The third-order valence-electron chi connectivity index (χ3n) is 12.0. The van der Waals surface area contributed by atoms with Crippen LogP contribution in [0.15, 0.2) is 205 Å². The van der Waals surface area contributed by atoms with Crippen molar-refractivity contribution in [2.75, 3.05) is 4.90 Å². The van der Waals surface area contributed by atoms with Crippen molar-refractivity contribution in [2.24, 2.45) is 0 Å². The predicted molar refractivity (Wildman–Crippen MR) is 240 cm³/mol. The molecule has 11 rings (SSSR count). The van der Waals surface area contributed by atoms with Gasteiger partial charge in [-0.1, -0.05) is 159 Å². The van der Waals surface area contributed by atoms with Crippen LogP contribution in [-0.2, 0) is 5.41 Å². The molecule has 1 heterocycles. The molecule has 0 unspecified atom stereocenters. The van der Waals surface area contributed by atoms with Crippen molar-refractivity contribution in [1.82, 2.24) is 0 Å². The highest BCUT2D eigenvalue weighted by atomic mass is 16.3. The third-order valence-corrected chi connectivity index (χ3v) is 12.0. The molecule has 0 bridgehead atoms. The zero-order chi connectivity index (χ0) is 38.1. The van der Waals surface area contributed by atoms with Gasteiger partial charge in [-0.3, -0.25) is 0 Å². The maximum atomic E-state index is 6.44. The van der Waals surface area contributed by atoms with Crippen LogP contribution in [-0.4, -0.2) is 0 Å². The van der Waals surface area contributed by atoms with Gasteiger partial charge >= 0.3 is 0 Å². The van der Waals surface area contributed by atoms with Crippen molar-refractivity contribution >= 4 is 49.8 Å². The van der Waals surface area contributed by atoms with Crippen molar-refractivity contribution < 1.29 is 4.42 Å². The van der Waals surface area contributed by atoms with Gasteiger partial charge in [0.1, 0.15) is 11.2 Å². The van der Waals surface area contributed by atoms with Gasteiger partial charge in [-0.15, -0.1) is 0 Å². The van der Waals surface area contributed by atoms with E-state index >= 15 is 0 Å². The van der Waals surface area contributed by atoms with Crippen LogP contribution >= 0.6 is 0 Å². The number of hydrogen-bond acceptors (Lipinski definition) is 2. The van der Waals surface area contributed by atoms with E-state index in [1.54, 1.807) is 0 Å². The smallest absolute Gasteiger partial charge is 0.137 e. The summed E-state index contributed by atoms with van der Waals surface area (Å²) < 4.78 is 6.44. The molecule has 1 aliphatic rings. The minimum atomic E-state index is -0.180. The predicted octanol–water partition coefficient (Wildman–Crippen LogP) is 15.5. The number of anilines is 3. The second kappa shape index (κ2) is 13.0. The Kier molecular flexibility index (Phi) is 7.55. The average Bonchev–Trinajstić information content (AvgIpc) is 3.75. The molecule has 57 heavy (non-hydrogen) atoms.